The van der Waals surface area contributed by atoms with E-state index in [1.165, 1.54) is 0 Å². The minimum absolute atomic E-state index is 0.403. The third-order valence-electron chi connectivity index (χ3n) is 3.49. The highest BCUT2D eigenvalue weighted by molar-refractivity contribution is 7.10. The van der Waals surface area contributed by atoms with Gasteiger partial charge in [0.1, 0.15) is 16.1 Å². The molecule has 1 atom stereocenters. The Morgan fingerprint density at radius 2 is 2.20 bits per heavy atom. The maximum atomic E-state index is 11.5. The van der Waals surface area contributed by atoms with Gasteiger partial charge in [0, 0.05) is 24.6 Å². The molecule has 2 aromatic rings. The molecule has 1 N–H and O–H groups in total. The molecule has 1 aromatic heterocycles. The van der Waals surface area contributed by atoms with Crippen LogP contribution in [-0.2, 0) is 24.3 Å². The van der Waals surface area contributed by atoms with Gasteiger partial charge in [-0.2, -0.15) is 0 Å². The summed E-state index contributed by atoms with van der Waals surface area (Å²) in [6.07, 6.45) is 0.501. The van der Waals surface area contributed by atoms with Gasteiger partial charge < -0.3 is 5.11 Å². The van der Waals surface area contributed by atoms with E-state index in [4.69, 9.17) is 11.6 Å². The zero-order chi connectivity index (χ0) is 14.1. The van der Waals surface area contributed by atoms with Crippen LogP contribution in [0, 0.1) is 0 Å². The van der Waals surface area contributed by atoms with E-state index >= 15 is 0 Å². The number of carboxylic acid groups (broad SMARTS) is 1. The number of hydrogen-bond donors (Lipinski definition) is 1. The van der Waals surface area contributed by atoms with Crippen molar-refractivity contribution >= 4 is 29.1 Å². The zero-order valence-electron chi connectivity index (χ0n) is 10.5. The lowest BCUT2D eigenvalue weighted by Crippen LogP contribution is -2.45. The van der Waals surface area contributed by atoms with E-state index in [0.717, 1.165) is 22.7 Å². The fraction of sp³-hybridized carbons (Fsp3) is 0.308. The van der Waals surface area contributed by atoms with Crippen molar-refractivity contribution in [1.82, 2.24) is 14.5 Å². The van der Waals surface area contributed by atoms with E-state index in [1.807, 2.05) is 29.2 Å². The maximum Gasteiger partial charge on any atom is 0.321 e. The molecule has 0 spiro atoms. The molecule has 1 aliphatic heterocycles. The highest BCUT2D eigenvalue weighted by atomic mass is 35.5. The summed E-state index contributed by atoms with van der Waals surface area (Å²) in [7, 11) is 0. The van der Waals surface area contributed by atoms with E-state index in [0.29, 0.717) is 29.5 Å². The van der Waals surface area contributed by atoms with Gasteiger partial charge in [-0.15, -0.1) is 5.10 Å². The van der Waals surface area contributed by atoms with Gasteiger partial charge >= 0.3 is 5.97 Å². The molecule has 20 heavy (non-hydrogen) atoms. The summed E-state index contributed by atoms with van der Waals surface area (Å²) in [5.74, 6) is -0.821. The molecule has 0 bridgehead atoms. The van der Waals surface area contributed by atoms with Crippen molar-refractivity contribution in [2.75, 3.05) is 0 Å². The highest BCUT2D eigenvalue weighted by Crippen LogP contribution is 2.27. The van der Waals surface area contributed by atoms with Crippen molar-refractivity contribution in [3.05, 3.63) is 45.4 Å². The quantitative estimate of drug-likeness (QED) is 0.941. The molecule has 3 rings (SSSR count). The molecule has 0 radical (unpaired) electrons. The lowest BCUT2D eigenvalue weighted by molar-refractivity contribution is -0.144. The van der Waals surface area contributed by atoms with Crippen LogP contribution in [0.2, 0.25) is 4.34 Å². The van der Waals surface area contributed by atoms with E-state index in [-0.39, 0.29) is 0 Å². The predicted molar refractivity (Wildman–Crippen MR) is 75.7 cm³/mol. The van der Waals surface area contributed by atoms with Crippen molar-refractivity contribution in [2.24, 2.45) is 0 Å². The van der Waals surface area contributed by atoms with Crippen LogP contribution in [0.3, 0.4) is 0 Å². The third-order valence-corrected chi connectivity index (χ3v) is 4.48. The number of carbonyl (C=O) groups is 1. The van der Waals surface area contributed by atoms with Crippen LogP contribution in [0.15, 0.2) is 24.3 Å². The van der Waals surface area contributed by atoms with Crippen LogP contribution in [0.1, 0.15) is 16.8 Å². The average molecular weight is 310 g/mol. The number of nitrogens with zero attached hydrogens (tertiary/aromatic N) is 3. The number of fused-ring (bicyclic) bond motifs is 1. The number of rotatable bonds is 3. The van der Waals surface area contributed by atoms with Gasteiger partial charge in [0.15, 0.2) is 0 Å². The Kier molecular flexibility index (Phi) is 3.69. The topological polar surface area (TPSA) is 66.3 Å². The summed E-state index contributed by atoms with van der Waals surface area (Å²) in [4.78, 5) is 13.4. The van der Waals surface area contributed by atoms with Gasteiger partial charge in [-0.05, 0) is 17.5 Å². The molecule has 0 saturated carbocycles. The molecule has 104 valence electrons. The number of aliphatic carboxylic acids is 1. The average Bonchev–Trinajstić information content (AvgIpc) is 2.83. The van der Waals surface area contributed by atoms with E-state index in [1.54, 1.807) is 0 Å². The van der Waals surface area contributed by atoms with Crippen LogP contribution in [-0.4, -0.2) is 31.6 Å². The minimum atomic E-state index is -0.821. The lowest BCUT2D eigenvalue weighted by Gasteiger charge is -2.33. The Labute approximate surface area is 125 Å². The SMILES string of the molecule is O=C(O)[C@@H]1Cc2ccccc2CN1Cc1nnsc1Cl. The fourth-order valence-corrected chi connectivity index (χ4v) is 3.08. The Morgan fingerprint density at radius 3 is 2.85 bits per heavy atom. The first-order chi connectivity index (χ1) is 9.65. The number of carboxylic acids is 1. The van der Waals surface area contributed by atoms with E-state index in [9.17, 15) is 9.90 Å². The van der Waals surface area contributed by atoms with Gasteiger partial charge in [-0.25, -0.2) is 0 Å². The van der Waals surface area contributed by atoms with Crippen LogP contribution < -0.4 is 0 Å². The summed E-state index contributed by atoms with van der Waals surface area (Å²) in [6, 6.07) is 7.37. The van der Waals surface area contributed by atoms with Gasteiger partial charge in [-0.1, -0.05) is 40.4 Å². The first kappa shape index (κ1) is 13.5. The van der Waals surface area contributed by atoms with Crippen LogP contribution in [0.5, 0.6) is 0 Å². The lowest BCUT2D eigenvalue weighted by atomic mass is 9.94. The van der Waals surface area contributed by atoms with Gasteiger partial charge in [0.05, 0.1) is 0 Å². The molecule has 0 amide bonds. The number of aromatic nitrogens is 2. The highest BCUT2D eigenvalue weighted by Gasteiger charge is 2.32. The normalized spacial score (nSPS) is 18.8. The Balaban J connectivity index is 1.89. The van der Waals surface area contributed by atoms with E-state index < -0.39 is 12.0 Å². The fourth-order valence-electron chi connectivity index (χ4n) is 2.47. The van der Waals surface area contributed by atoms with Crippen molar-refractivity contribution in [3.8, 4) is 0 Å². The smallest absolute Gasteiger partial charge is 0.321 e. The maximum absolute atomic E-state index is 11.5. The summed E-state index contributed by atoms with van der Waals surface area (Å²) < 4.78 is 4.31. The predicted octanol–water partition coefficient (Wildman–Crippen LogP) is 2.20. The summed E-state index contributed by atoms with van der Waals surface area (Å²) >= 11 is 7.12. The Morgan fingerprint density at radius 1 is 1.45 bits per heavy atom. The largest absolute Gasteiger partial charge is 0.480 e. The second-order valence-electron chi connectivity index (χ2n) is 4.73. The summed E-state index contributed by atoms with van der Waals surface area (Å²) in [5, 5.41) is 13.4. The Hall–Kier alpha value is -1.50. The first-order valence-electron chi connectivity index (χ1n) is 6.15. The van der Waals surface area contributed by atoms with Crippen molar-refractivity contribution in [1.29, 1.82) is 0 Å². The second kappa shape index (κ2) is 5.47. The molecule has 0 unspecified atom stereocenters. The first-order valence-corrected chi connectivity index (χ1v) is 7.30. The van der Waals surface area contributed by atoms with Crippen LogP contribution in [0.25, 0.3) is 0 Å². The van der Waals surface area contributed by atoms with Crippen molar-refractivity contribution < 1.29 is 9.90 Å². The van der Waals surface area contributed by atoms with Gasteiger partial charge in [0.25, 0.3) is 0 Å². The summed E-state index contributed by atoms with van der Waals surface area (Å²) in [6.45, 7) is 0.988. The zero-order valence-corrected chi connectivity index (χ0v) is 12.1. The van der Waals surface area contributed by atoms with Gasteiger partial charge in [-0.3, -0.25) is 9.69 Å². The molecule has 5 nitrogen and oxygen atoms in total. The van der Waals surface area contributed by atoms with Crippen molar-refractivity contribution in [3.63, 3.8) is 0 Å². The minimum Gasteiger partial charge on any atom is -0.480 e. The second-order valence-corrected chi connectivity index (χ2v) is 6.08. The molecular weight excluding hydrogens is 298 g/mol. The standard InChI is InChI=1S/C13H12ClN3O2S/c14-12-10(15-16-20-12)7-17-6-9-4-2-1-3-8(9)5-11(17)13(18)19/h1-4,11H,5-7H2,(H,18,19)/t11-/m0/s1. The van der Waals surface area contributed by atoms with Crippen LogP contribution >= 0.6 is 23.1 Å². The Bertz CT molecular complexity index is 646. The number of halogens is 1. The molecule has 2 heterocycles. The van der Waals surface area contributed by atoms with E-state index in [2.05, 4.69) is 9.59 Å². The number of hydrogen-bond acceptors (Lipinski definition) is 5. The van der Waals surface area contributed by atoms with Crippen LogP contribution in [0.4, 0.5) is 0 Å². The van der Waals surface area contributed by atoms with Gasteiger partial charge in [0.2, 0.25) is 0 Å². The molecule has 0 fully saturated rings. The molecule has 0 aliphatic carbocycles. The molecule has 1 aromatic carbocycles. The monoisotopic (exact) mass is 309 g/mol. The molecule has 0 saturated heterocycles. The van der Waals surface area contributed by atoms with Crippen molar-refractivity contribution in [2.45, 2.75) is 25.6 Å². The summed E-state index contributed by atoms with van der Waals surface area (Å²) in [5.41, 5.74) is 2.89. The number of benzene rings is 1. The molecule has 7 heteroatoms. The molecular formula is C13H12ClN3O2S. The molecule has 1 aliphatic rings. The third kappa shape index (κ3) is 2.54.